The van der Waals surface area contributed by atoms with Gasteiger partial charge in [-0.05, 0) is 42.9 Å². The van der Waals surface area contributed by atoms with Crippen LogP contribution in [-0.4, -0.2) is 31.4 Å². The van der Waals surface area contributed by atoms with E-state index in [2.05, 4.69) is 32.5 Å². The fourth-order valence-electron chi connectivity index (χ4n) is 4.36. The molecule has 0 radical (unpaired) electrons. The van der Waals surface area contributed by atoms with Gasteiger partial charge in [-0.1, -0.05) is 36.0 Å². The molecule has 0 atom stereocenters. The van der Waals surface area contributed by atoms with Crippen molar-refractivity contribution >= 4 is 45.5 Å². The zero-order chi connectivity index (χ0) is 26.7. The molecule has 0 bridgehead atoms. The van der Waals surface area contributed by atoms with E-state index in [1.165, 1.54) is 52.4 Å². The van der Waals surface area contributed by atoms with Gasteiger partial charge < -0.3 is 5.32 Å². The number of anilines is 1. The fourth-order valence-corrected chi connectivity index (χ4v) is 7.10. The lowest BCUT2D eigenvalue weighted by Crippen LogP contribution is -2.14. The number of nitrogens with zero attached hydrogens (tertiary/aromatic N) is 4. The number of hydrogen-bond donors (Lipinski definition) is 1. The van der Waals surface area contributed by atoms with Crippen LogP contribution in [0.25, 0.3) is 11.4 Å². The second kappa shape index (κ2) is 11.4. The number of thioether (sulfide) groups is 1. The van der Waals surface area contributed by atoms with Crippen LogP contribution in [0, 0.1) is 0 Å². The highest BCUT2D eigenvalue weighted by Gasteiger charge is 2.30. The zero-order valence-electron chi connectivity index (χ0n) is 20.3. The van der Waals surface area contributed by atoms with Crippen molar-refractivity contribution in [1.29, 1.82) is 0 Å². The first kappa shape index (κ1) is 26.6. The number of thiazole rings is 1. The Bertz CT molecular complexity index is 1460. The largest absolute Gasteiger partial charge is 0.416 e. The number of halogens is 3. The Labute approximate surface area is 230 Å². The Morgan fingerprint density at radius 1 is 1.24 bits per heavy atom. The number of fused-ring (bicyclic) bond motifs is 1. The van der Waals surface area contributed by atoms with Gasteiger partial charge in [0.2, 0.25) is 5.91 Å². The molecular weight excluding hydrogens is 552 g/mol. The smallest absolute Gasteiger partial charge is 0.301 e. The topological polar surface area (TPSA) is 72.7 Å². The van der Waals surface area contributed by atoms with E-state index in [1.807, 2.05) is 4.57 Å². The Morgan fingerprint density at radius 3 is 2.89 bits per heavy atom. The van der Waals surface area contributed by atoms with Crippen molar-refractivity contribution in [2.45, 2.75) is 50.0 Å². The van der Waals surface area contributed by atoms with Gasteiger partial charge in [-0.15, -0.1) is 39.4 Å². The second-order valence-electron chi connectivity index (χ2n) is 8.81. The minimum atomic E-state index is -4.39. The molecular formula is C26H24F3N5OS3. The van der Waals surface area contributed by atoms with Gasteiger partial charge >= 0.3 is 6.18 Å². The summed E-state index contributed by atoms with van der Waals surface area (Å²) in [5, 5.41) is 14.8. The van der Waals surface area contributed by atoms with E-state index >= 15 is 0 Å². The summed E-state index contributed by atoms with van der Waals surface area (Å²) in [6.07, 6.45) is 3.81. The van der Waals surface area contributed by atoms with Crippen LogP contribution in [0.15, 0.2) is 53.7 Å². The summed E-state index contributed by atoms with van der Waals surface area (Å²) in [5.74, 6) is 0.656. The first-order chi connectivity index (χ1) is 18.3. The van der Waals surface area contributed by atoms with Crippen LogP contribution in [0.2, 0.25) is 0 Å². The second-order valence-corrected chi connectivity index (χ2v) is 11.8. The number of nitrogens with one attached hydrogen (secondary N) is 1. The number of rotatable bonds is 9. The van der Waals surface area contributed by atoms with Crippen molar-refractivity contribution in [3.8, 4) is 11.4 Å². The minimum Gasteiger partial charge on any atom is -0.301 e. The van der Waals surface area contributed by atoms with Crippen LogP contribution in [-0.2, 0) is 36.8 Å². The van der Waals surface area contributed by atoms with Crippen molar-refractivity contribution in [2.24, 2.45) is 0 Å². The molecule has 5 rings (SSSR count). The summed E-state index contributed by atoms with van der Waals surface area (Å²) in [4.78, 5) is 19.0. The maximum atomic E-state index is 13.0. The normalized spacial score (nSPS) is 13.3. The summed E-state index contributed by atoms with van der Waals surface area (Å²) in [6.45, 7) is 4.39. The number of carbonyl (C=O) groups is 1. The summed E-state index contributed by atoms with van der Waals surface area (Å²) >= 11 is 4.30. The average Bonchev–Trinajstić information content (AvgIpc) is 3.61. The molecule has 3 heterocycles. The van der Waals surface area contributed by atoms with Crippen molar-refractivity contribution in [3.05, 3.63) is 74.9 Å². The first-order valence-corrected chi connectivity index (χ1v) is 14.7. The number of thiophene rings is 1. The molecule has 198 valence electrons. The minimum absolute atomic E-state index is 0.111. The Balaban J connectivity index is 1.21. The first-order valence-electron chi connectivity index (χ1n) is 12.0. The molecule has 0 saturated carbocycles. The SMILES string of the molecule is C=CCn1c(SCC(=O)Nc2ncc(Cc3cccc(C(F)(F)F)c3)s2)nnc1-c1csc2c1CCCC2. The average molecular weight is 576 g/mol. The maximum absolute atomic E-state index is 13.0. The number of allylic oxidation sites excluding steroid dienone is 1. The summed E-state index contributed by atoms with van der Waals surface area (Å²) in [5.41, 5.74) is 2.32. The molecule has 0 saturated heterocycles. The van der Waals surface area contributed by atoms with Crippen LogP contribution in [0.1, 0.15) is 39.3 Å². The number of aryl methyl sites for hydroxylation is 1. The van der Waals surface area contributed by atoms with Crippen molar-refractivity contribution in [1.82, 2.24) is 19.7 Å². The van der Waals surface area contributed by atoms with Crippen molar-refractivity contribution in [3.63, 3.8) is 0 Å². The predicted octanol–water partition coefficient (Wildman–Crippen LogP) is 6.87. The number of hydrogen-bond acceptors (Lipinski definition) is 7. The number of amides is 1. The van der Waals surface area contributed by atoms with Crippen LogP contribution in [0.3, 0.4) is 0 Å². The highest BCUT2D eigenvalue weighted by Crippen LogP contribution is 2.37. The van der Waals surface area contributed by atoms with Gasteiger partial charge in [0.05, 0.1) is 11.3 Å². The molecule has 0 unspecified atom stereocenters. The monoisotopic (exact) mass is 575 g/mol. The standard InChI is InChI=1S/C26H24F3N5OS3/c1-2-10-34-23(20-14-36-21-9-4-3-8-19(20)21)32-33-25(34)37-15-22(35)31-24-30-13-18(38-24)12-16-6-5-7-17(11-16)26(27,28)29/h2,5-7,11,13-14H,1,3-4,8-10,12,15H2,(H,30,31,35). The van der Waals surface area contributed by atoms with Gasteiger partial charge in [0.15, 0.2) is 16.1 Å². The van der Waals surface area contributed by atoms with Crippen LogP contribution in [0.5, 0.6) is 0 Å². The maximum Gasteiger partial charge on any atom is 0.416 e. The number of aromatic nitrogens is 4. The van der Waals surface area contributed by atoms with Gasteiger partial charge in [0.1, 0.15) is 0 Å². The molecule has 1 amide bonds. The molecule has 0 spiro atoms. The number of alkyl halides is 3. The summed E-state index contributed by atoms with van der Waals surface area (Å²) in [6, 6.07) is 5.22. The van der Waals surface area contributed by atoms with E-state index in [0.717, 1.165) is 41.2 Å². The van der Waals surface area contributed by atoms with Gasteiger partial charge in [-0.25, -0.2) is 4.98 Å². The Morgan fingerprint density at radius 2 is 2.08 bits per heavy atom. The van der Waals surface area contributed by atoms with E-state index in [4.69, 9.17) is 0 Å². The lowest BCUT2D eigenvalue weighted by Gasteiger charge is -2.13. The highest BCUT2D eigenvalue weighted by atomic mass is 32.2. The van der Waals surface area contributed by atoms with Crippen molar-refractivity contribution in [2.75, 3.05) is 11.1 Å². The third-order valence-electron chi connectivity index (χ3n) is 6.10. The molecule has 12 heteroatoms. The lowest BCUT2D eigenvalue weighted by molar-refractivity contribution is -0.137. The molecule has 1 aliphatic rings. The van der Waals surface area contributed by atoms with Crippen LogP contribution < -0.4 is 5.32 Å². The van der Waals surface area contributed by atoms with Gasteiger partial charge in [0, 0.05) is 39.9 Å². The fraction of sp³-hybridized carbons (Fsp3) is 0.308. The number of benzene rings is 1. The molecule has 0 aliphatic heterocycles. The quantitative estimate of drug-likeness (QED) is 0.174. The Kier molecular flexibility index (Phi) is 8.01. The van der Waals surface area contributed by atoms with E-state index in [9.17, 15) is 18.0 Å². The van der Waals surface area contributed by atoms with E-state index < -0.39 is 11.7 Å². The third-order valence-corrected chi connectivity index (χ3v) is 9.06. The van der Waals surface area contributed by atoms with Gasteiger partial charge in [-0.2, -0.15) is 13.2 Å². The molecule has 1 N–H and O–H groups in total. The number of carbonyl (C=O) groups excluding carboxylic acids is 1. The lowest BCUT2D eigenvalue weighted by atomic mass is 9.95. The van der Waals surface area contributed by atoms with E-state index in [0.29, 0.717) is 28.8 Å². The molecule has 0 fully saturated rings. The van der Waals surface area contributed by atoms with Crippen LogP contribution >= 0.6 is 34.4 Å². The molecule has 1 aromatic carbocycles. The van der Waals surface area contributed by atoms with Gasteiger partial charge in [-0.3, -0.25) is 9.36 Å². The van der Waals surface area contributed by atoms with Gasteiger partial charge in [0.25, 0.3) is 0 Å². The van der Waals surface area contributed by atoms with Crippen LogP contribution in [0.4, 0.5) is 18.3 Å². The molecule has 6 nitrogen and oxygen atoms in total. The molecule has 3 aromatic heterocycles. The molecule has 4 aromatic rings. The summed E-state index contributed by atoms with van der Waals surface area (Å²) in [7, 11) is 0. The predicted molar refractivity (Wildman–Crippen MR) is 146 cm³/mol. The molecule has 1 aliphatic carbocycles. The van der Waals surface area contributed by atoms with E-state index in [-0.39, 0.29) is 11.7 Å². The van der Waals surface area contributed by atoms with Crippen molar-refractivity contribution < 1.29 is 18.0 Å². The van der Waals surface area contributed by atoms with E-state index in [1.54, 1.807) is 29.7 Å². The zero-order valence-corrected chi connectivity index (χ0v) is 22.7. The highest BCUT2D eigenvalue weighted by molar-refractivity contribution is 7.99. The third kappa shape index (κ3) is 6.02. The molecule has 38 heavy (non-hydrogen) atoms. The Hall–Kier alpha value is -2.96. The summed E-state index contributed by atoms with van der Waals surface area (Å²) < 4.78 is 40.9.